The molecule has 0 radical (unpaired) electrons. The Labute approximate surface area is 87.5 Å². The molecule has 1 aromatic rings. The van der Waals surface area contributed by atoms with Gasteiger partial charge < -0.3 is 0 Å². The topological polar surface area (TPSA) is 0 Å². The number of halogens is 1. The summed E-state index contributed by atoms with van der Waals surface area (Å²) in [5.74, 6) is 2.76. The number of hydrogen-bond acceptors (Lipinski definition) is 0. The van der Waals surface area contributed by atoms with Gasteiger partial charge in [-0.1, -0.05) is 21.9 Å². The van der Waals surface area contributed by atoms with Gasteiger partial charge in [-0.3, -0.25) is 0 Å². The summed E-state index contributed by atoms with van der Waals surface area (Å²) in [7, 11) is 0. The maximum absolute atomic E-state index is 5.46. The molecule has 66 valence electrons. The summed E-state index contributed by atoms with van der Waals surface area (Å²) in [6.45, 7) is 0. The van der Waals surface area contributed by atoms with Crippen LogP contribution in [0.3, 0.4) is 0 Å². The van der Waals surface area contributed by atoms with E-state index in [1.54, 1.807) is 0 Å². The van der Waals surface area contributed by atoms with Crippen molar-refractivity contribution in [3.63, 3.8) is 0 Å². The van der Waals surface area contributed by atoms with Crippen LogP contribution in [-0.2, 0) is 12.8 Å². The molecule has 0 heterocycles. The molecule has 0 spiro atoms. The van der Waals surface area contributed by atoms with E-state index in [9.17, 15) is 0 Å². The first-order chi connectivity index (χ1) is 6.33. The van der Waals surface area contributed by atoms with Crippen LogP contribution in [0.2, 0.25) is 0 Å². The normalized spacial score (nSPS) is 14.8. The monoisotopic (exact) mass is 234 g/mol. The molecule has 1 aliphatic rings. The summed E-state index contributed by atoms with van der Waals surface area (Å²) in [5, 5.41) is 0. The van der Waals surface area contributed by atoms with E-state index in [1.165, 1.54) is 34.9 Å². The highest BCUT2D eigenvalue weighted by atomic mass is 79.9. The van der Waals surface area contributed by atoms with Crippen LogP contribution in [0, 0.1) is 12.3 Å². The fraction of sp³-hybridized carbons (Fsp3) is 0.333. The zero-order chi connectivity index (χ0) is 9.26. The second-order valence-corrected chi connectivity index (χ2v) is 4.26. The molecular formula is C12H11Br. The third kappa shape index (κ3) is 1.51. The lowest BCUT2D eigenvalue weighted by Crippen LogP contribution is -2.05. The van der Waals surface area contributed by atoms with E-state index in [0.29, 0.717) is 0 Å². The molecule has 0 fully saturated rings. The van der Waals surface area contributed by atoms with Crippen LogP contribution in [0.15, 0.2) is 16.6 Å². The van der Waals surface area contributed by atoms with Crippen LogP contribution in [0.5, 0.6) is 0 Å². The zero-order valence-corrected chi connectivity index (χ0v) is 9.02. The van der Waals surface area contributed by atoms with Gasteiger partial charge >= 0.3 is 0 Å². The smallest absolute Gasteiger partial charge is 0.0278 e. The third-order valence-corrected chi connectivity index (χ3v) is 3.38. The van der Waals surface area contributed by atoms with Crippen molar-refractivity contribution in [2.75, 3.05) is 0 Å². The van der Waals surface area contributed by atoms with Crippen LogP contribution in [-0.4, -0.2) is 0 Å². The summed E-state index contributed by atoms with van der Waals surface area (Å²) in [6.07, 6.45) is 10.3. The lowest BCUT2D eigenvalue weighted by molar-refractivity contribution is 0.682. The summed E-state index contributed by atoms with van der Waals surface area (Å²) in [5.41, 5.74) is 3.91. The molecular weight excluding hydrogens is 224 g/mol. The lowest BCUT2D eigenvalue weighted by Gasteiger charge is -2.18. The highest BCUT2D eigenvalue weighted by Gasteiger charge is 2.14. The predicted octanol–water partition coefficient (Wildman–Crippen LogP) is 3.31. The highest BCUT2D eigenvalue weighted by molar-refractivity contribution is 9.10. The molecule has 0 saturated heterocycles. The lowest BCUT2D eigenvalue weighted by atomic mass is 9.88. The van der Waals surface area contributed by atoms with E-state index < -0.39 is 0 Å². The maximum Gasteiger partial charge on any atom is 0.0278 e. The van der Waals surface area contributed by atoms with E-state index >= 15 is 0 Å². The van der Waals surface area contributed by atoms with Crippen molar-refractivity contribution in [3.05, 3.63) is 33.3 Å². The summed E-state index contributed by atoms with van der Waals surface area (Å²) >= 11 is 3.58. The first kappa shape index (κ1) is 8.84. The Morgan fingerprint density at radius 3 is 2.54 bits per heavy atom. The number of terminal acetylenes is 1. The van der Waals surface area contributed by atoms with Gasteiger partial charge in [0.15, 0.2) is 0 Å². The Morgan fingerprint density at radius 2 is 1.85 bits per heavy atom. The minimum absolute atomic E-state index is 1.08. The second kappa shape index (κ2) is 3.55. The molecule has 0 aliphatic heterocycles. The van der Waals surface area contributed by atoms with Gasteiger partial charge in [-0.2, -0.15) is 0 Å². The molecule has 0 N–H and O–H groups in total. The van der Waals surface area contributed by atoms with Crippen LogP contribution in [0.25, 0.3) is 0 Å². The Balaban J connectivity index is 2.61. The average Bonchev–Trinajstić information content (AvgIpc) is 2.19. The van der Waals surface area contributed by atoms with Crippen LogP contribution in [0.4, 0.5) is 0 Å². The molecule has 0 nitrogen and oxygen atoms in total. The molecule has 1 aliphatic carbocycles. The van der Waals surface area contributed by atoms with E-state index in [0.717, 1.165) is 12.0 Å². The van der Waals surface area contributed by atoms with Crippen molar-refractivity contribution in [2.45, 2.75) is 25.7 Å². The largest absolute Gasteiger partial charge is 0.115 e. The molecule has 1 aromatic carbocycles. The third-order valence-electron chi connectivity index (χ3n) is 2.63. The zero-order valence-electron chi connectivity index (χ0n) is 7.44. The van der Waals surface area contributed by atoms with Crippen molar-refractivity contribution in [3.8, 4) is 12.3 Å². The Hall–Kier alpha value is -0.740. The van der Waals surface area contributed by atoms with Gasteiger partial charge in [0.25, 0.3) is 0 Å². The predicted molar refractivity (Wildman–Crippen MR) is 58.7 cm³/mol. The SMILES string of the molecule is C#Cc1ccc(Br)c2c1CCCC2. The number of fused-ring (bicyclic) bond motifs is 1. The molecule has 0 aromatic heterocycles. The standard InChI is InChI=1S/C12H11Br/c1-2-9-7-8-12(13)11-6-4-3-5-10(9)11/h1,7-8H,3-6H2. The summed E-state index contributed by atoms with van der Waals surface area (Å²) < 4.78 is 1.22. The van der Waals surface area contributed by atoms with Gasteiger partial charge in [0, 0.05) is 10.0 Å². The van der Waals surface area contributed by atoms with Crippen molar-refractivity contribution < 1.29 is 0 Å². The Morgan fingerprint density at radius 1 is 1.15 bits per heavy atom. The molecule has 0 atom stereocenters. The number of rotatable bonds is 0. The minimum Gasteiger partial charge on any atom is -0.115 e. The fourth-order valence-corrected chi connectivity index (χ4v) is 2.53. The van der Waals surface area contributed by atoms with Crippen LogP contribution < -0.4 is 0 Å². The van der Waals surface area contributed by atoms with Crippen LogP contribution in [0.1, 0.15) is 29.5 Å². The van der Waals surface area contributed by atoms with Gasteiger partial charge in [0.1, 0.15) is 0 Å². The minimum atomic E-state index is 1.08. The molecule has 0 saturated carbocycles. The molecule has 0 amide bonds. The first-order valence-corrected chi connectivity index (χ1v) is 5.39. The Bertz CT molecular complexity index is 371. The number of hydrogen-bond donors (Lipinski definition) is 0. The van der Waals surface area contributed by atoms with Crippen LogP contribution >= 0.6 is 15.9 Å². The molecule has 0 bridgehead atoms. The Kier molecular flexibility index (Phi) is 2.42. The van der Waals surface area contributed by atoms with Gasteiger partial charge in [-0.25, -0.2) is 0 Å². The van der Waals surface area contributed by atoms with Gasteiger partial charge in [-0.15, -0.1) is 6.42 Å². The molecule has 1 heteroatoms. The second-order valence-electron chi connectivity index (χ2n) is 3.40. The summed E-state index contributed by atoms with van der Waals surface area (Å²) in [4.78, 5) is 0. The highest BCUT2D eigenvalue weighted by Crippen LogP contribution is 2.30. The van der Waals surface area contributed by atoms with Crippen molar-refractivity contribution >= 4 is 15.9 Å². The molecule has 13 heavy (non-hydrogen) atoms. The number of benzene rings is 1. The molecule has 2 rings (SSSR count). The van der Waals surface area contributed by atoms with E-state index in [4.69, 9.17) is 6.42 Å². The average molecular weight is 235 g/mol. The summed E-state index contributed by atoms with van der Waals surface area (Å²) in [6, 6.07) is 4.10. The van der Waals surface area contributed by atoms with Gasteiger partial charge in [0.2, 0.25) is 0 Å². The van der Waals surface area contributed by atoms with Gasteiger partial charge in [-0.05, 0) is 48.9 Å². The molecule has 0 unspecified atom stereocenters. The van der Waals surface area contributed by atoms with Crippen molar-refractivity contribution in [1.82, 2.24) is 0 Å². The van der Waals surface area contributed by atoms with Crippen molar-refractivity contribution in [2.24, 2.45) is 0 Å². The van der Waals surface area contributed by atoms with Crippen molar-refractivity contribution in [1.29, 1.82) is 0 Å². The van der Waals surface area contributed by atoms with E-state index in [2.05, 4.69) is 27.9 Å². The fourth-order valence-electron chi connectivity index (χ4n) is 1.96. The quantitative estimate of drug-likeness (QED) is 0.605. The maximum atomic E-state index is 5.46. The van der Waals surface area contributed by atoms with Gasteiger partial charge in [0.05, 0.1) is 0 Å². The van der Waals surface area contributed by atoms with E-state index in [1.807, 2.05) is 6.07 Å². The first-order valence-electron chi connectivity index (χ1n) is 4.60. The van der Waals surface area contributed by atoms with E-state index in [-0.39, 0.29) is 0 Å².